The summed E-state index contributed by atoms with van der Waals surface area (Å²) in [5.74, 6) is 0.934. The topological polar surface area (TPSA) is 83.2 Å². The molecule has 3 saturated heterocycles. The van der Waals surface area contributed by atoms with E-state index in [0.29, 0.717) is 52.6 Å². The lowest BCUT2D eigenvalue weighted by atomic mass is 9.79. The number of rotatable bonds is 9. The number of amides is 1. The maximum atomic E-state index is 17.2. The normalized spacial score (nSPS) is 26.3. The van der Waals surface area contributed by atoms with Gasteiger partial charge in [-0.05, 0) is 81.0 Å². The van der Waals surface area contributed by atoms with Crippen LogP contribution in [-0.4, -0.2) is 52.2 Å². The fourth-order valence-corrected chi connectivity index (χ4v) is 10.1. The average molecular weight is 729 g/mol. The highest BCUT2D eigenvalue weighted by molar-refractivity contribution is 6.43. The Morgan fingerprint density at radius 3 is 2.67 bits per heavy atom. The van der Waals surface area contributed by atoms with Gasteiger partial charge in [0.1, 0.15) is 5.52 Å². The molecule has 6 fully saturated rings. The molecule has 0 spiro atoms. The molecule has 266 valence electrons. The van der Waals surface area contributed by atoms with Crippen molar-refractivity contribution in [2.75, 3.05) is 19.7 Å². The molecule has 1 amide bonds. The Bertz CT molecular complexity index is 2070. The molecule has 3 saturated carbocycles. The van der Waals surface area contributed by atoms with Gasteiger partial charge in [0.05, 0.1) is 39.8 Å². The predicted octanol–water partition coefficient (Wildman–Crippen LogP) is 9.25. The SMILES string of the molecule is Cc1nc2c(F)c(-c3cccc(Cl)c3Cl)c(CCC#N)cc2c2c1cc([C@H]1C[C@H](OCC3CCCCC3)CN1C(=O)C1CC1)n2[C@H]1[C@H]2CN[C@@H]1C2. The molecule has 10 heteroatoms. The zero-order valence-corrected chi connectivity index (χ0v) is 30.6. The van der Waals surface area contributed by atoms with Crippen molar-refractivity contribution in [1.29, 1.82) is 5.26 Å². The van der Waals surface area contributed by atoms with Crippen molar-refractivity contribution >= 4 is 50.9 Å². The van der Waals surface area contributed by atoms with Crippen molar-refractivity contribution in [2.45, 2.75) is 102 Å². The minimum absolute atomic E-state index is 0.0154. The monoisotopic (exact) mass is 727 g/mol. The summed E-state index contributed by atoms with van der Waals surface area (Å²) in [6.45, 7) is 4.27. The second-order valence-electron chi connectivity index (χ2n) is 15.8. The lowest BCUT2D eigenvalue weighted by molar-refractivity contribution is -0.134. The number of halogens is 3. The quantitative estimate of drug-likeness (QED) is 0.186. The fraction of sp³-hybridized carbons (Fsp3) is 0.537. The van der Waals surface area contributed by atoms with Crippen molar-refractivity contribution in [3.05, 3.63) is 63.1 Å². The third-order valence-corrected chi connectivity index (χ3v) is 13.4. The molecular weight excluding hydrogens is 684 g/mol. The summed E-state index contributed by atoms with van der Waals surface area (Å²) in [7, 11) is 0. The van der Waals surface area contributed by atoms with Gasteiger partial charge in [-0.1, -0.05) is 54.6 Å². The molecule has 6 aliphatic rings. The first kappa shape index (κ1) is 33.6. The van der Waals surface area contributed by atoms with Crippen molar-refractivity contribution in [1.82, 2.24) is 19.8 Å². The van der Waals surface area contributed by atoms with Crippen LogP contribution in [0.1, 0.15) is 93.2 Å². The van der Waals surface area contributed by atoms with E-state index in [1.165, 1.54) is 32.1 Å². The predicted molar refractivity (Wildman–Crippen MR) is 198 cm³/mol. The number of nitrogens with zero attached hydrogens (tertiary/aromatic N) is 4. The Hall–Kier alpha value is -3.22. The number of fused-ring (bicyclic) bond motifs is 4. The van der Waals surface area contributed by atoms with Crippen molar-refractivity contribution in [3.8, 4) is 17.2 Å². The van der Waals surface area contributed by atoms with E-state index in [9.17, 15) is 10.1 Å². The smallest absolute Gasteiger partial charge is 0.226 e. The highest BCUT2D eigenvalue weighted by Crippen LogP contribution is 2.51. The van der Waals surface area contributed by atoms with E-state index in [1.54, 1.807) is 18.2 Å². The third kappa shape index (κ3) is 5.75. The maximum absolute atomic E-state index is 17.2. The molecule has 0 unspecified atom stereocenters. The standard InChI is InChI=1S/C41H44Cl2FN5O2/c1-22-29-18-34(33-17-27(20-48(33)41(50)24-12-13-24)51-21-23-7-3-2-4-8-23)49(39-26-16-32(39)46-19-26)40(29)30-15-25(9-6-14-45)35(37(44)38(30)47-22)28-10-5-11-31(42)36(28)43/h5,10-11,15,18,23-24,26-27,32-33,39,46H,2-4,6-9,12-13,16-17,19-21H2,1H3/t26-,27+,32-,33-,39+/m1/s1. The minimum Gasteiger partial charge on any atom is -0.376 e. The van der Waals surface area contributed by atoms with Crippen LogP contribution < -0.4 is 5.32 Å². The highest BCUT2D eigenvalue weighted by atomic mass is 35.5. The van der Waals surface area contributed by atoms with E-state index < -0.39 is 5.82 Å². The zero-order valence-electron chi connectivity index (χ0n) is 29.1. The van der Waals surface area contributed by atoms with Crippen molar-refractivity contribution < 1.29 is 13.9 Å². The molecule has 7 nitrogen and oxygen atoms in total. The van der Waals surface area contributed by atoms with Gasteiger partial charge in [-0.15, -0.1) is 0 Å². The number of aryl methyl sites for hydroxylation is 2. The number of ether oxygens (including phenoxy) is 1. The van der Waals surface area contributed by atoms with Crippen molar-refractivity contribution in [3.63, 3.8) is 0 Å². The average Bonchev–Trinajstić information content (AvgIpc) is 3.43. The van der Waals surface area contributed by atoms with Gasteiger partial charge in [-0.25, -0.2) is 9.37 Å². The van der Waals surface area contributed by atoms with Gasteiger partial charge in [-0.3, -0.25) is 4.79 Å². The summed E-state index contributed by atoms with van der Waals surface area (Å²) in [5, 5.41) is 15.7. The Balaban J connectivity index is 1.22. The summed E-state index contributed by atoms with van der Waals surface area (Å²) >= 11 is 13.1. The fourth-order valence-electron chi connectivity index (χ4n) is 9.73. The summed E-state index contributed by atoms with van der Waals surface area (Å²) in [6, 6.07) is 12.1. The van der Waals surface area contributed by atoms with Crippen LogP contribution in [0.3, 0.4) is 0 Å². The van der Waals surface area contributed by atoms with E-state index >= 15 is 4.39 Å². The first-order valence-corrected chi connectivity index (χ1v) is 19.7. The number of likely N-dealkylation sites (tertiary alicyclic amines) is 1. The van der Waals surface area contributed by atoms with Gasteiger partial charge < -0.3 is 19.5 Å². The lowest BCUT2D eigenvalue weighted by Gasteiger charge is -2.39. The number of nitrogens with one attached hydrogen (secondary N) is 1. The molecule has 2 aromatic carbocycles. The van der Waals surface area contributed by atoms with E-state index in [2.05, 4.69) is 26.9 Å². The number of nitriles is 1. The molecule has 4 aromatic rings. The van der Waals surface area contributed by atoms with Gasteiger partial charge in [0.2, 0.25) is 5.91 Å². The van der Waals surface area contributed by atoms with Gasteiger partial charge in [0.15, 0.2) is 5.82 Å². The Labute approximate surface area is 308 Å². The first-order chi connectivity index (χ1) is 24.8. The second-order valence-corrected chi connectivity index (χ2v) is 16.5. The summed E-state index contributed by atoms with van der Waals surface area (Å²) in [4.78, 5) is 21.1. The Kier molecular flexibility index (Phi) is 8.78. The first-order valence-electron chi connectivity index (χ1n) is 19.0. The molecule has 2 bridgehead atoms. The molecule has 2 aromatic heterocycles. The van der Waals surface area contributed by atoms with E-state index in [4.69, 9.17) is 32.9 Å². The van der Waals surface area contributed by atoms with Crippen LogP contribution in [0.15, 0.2) is 30.3 Å². The third-order valence-electron chi connectivity index (χ3n) is 12.5. The molecular formula is C41H44Cl2FN5O2. The second kappa shape index (κ2) is 13.3. The Morgan fingerprint density at radius 2 is 1.94 bits per heavy atom. The number of carbonyl (C=O) groups excluding carboxylic acids is 1. The van der Waals surface area contributed by atoms with E-state index in [1.807, 2.05) is 13.0 Å². The summed E-state index contributed by atoms with van der Waals surface area (Å²) in [6.07, 6.45) is 10.6. The minimum atomic E-state index is -0.457. The lowest BCUT2D eigenvalue weighted by Crippen LogP contribution is -2.41. The number of hydrogen-bond acceptors (Lipinski definition) is 5. The van der Waals surface area contributed by atoms with Crippen molar-refractivity contribution in [2.24, 2.45) is 17.8 Å². The van der Waals surface area contributed by atoms with Gasteiger partial charge >= 0.3 is 0 Å². The molecule has 10 rings (SSSR count). The van der Waals surface area contributed by atoms with Crippen LogP contribution in [0.2, 0.25) is 10.0 Å². The largest absolute Gasteiger partial charge is 0.376 e. The van der Waals surface area contributed by atoms with E-state index in [0.717, 1.165) is 66.5 Å². The maximum Gasteiger partial charge on any atom is 0.226 e. The molecule has 3 aliphatic carbocycles. The number of benzene rings is 2. The van der Waals surface area contributed by atoms with Crippen LogP contribution in [0, 0.1) is 41.8 Å². The molecule has 5 heterocycles. The van der Waals surface area contributed by atoms with Gasteiger partial charge in [0.25, 0.3) is 0 Å². The summed E-state index contributed by atoms with van der Waals surface area (Å²) in [5.41, 5.74) is 4.62. The van der Waals surface area contributed by atoms with Crippen LogP contribution in [0.4, 0.5) is 4.39 Å². The molecule has 1 N–H and O–H groups in total. The van der Waals surface area contributed by atoms with Gasteiger partial charge in [0, 0.05) is 77.8 Å². The number of pyridine rings is 1. The van der Waals surface area contributed by atoms with Crippen LogP contribution in [0.5, 0.6) is 0 Å². The molecule has 5 atom stereocenters. The zero-order chi connectivity index (χ0) is 35.0. The number of carbonyl (C=O) groups is 1. The Morgan fingerprint density at radius 1 is 1.12 bits per heavy atom. The molecule has 3 aliphatic heterocycles. The molecule has 51 heavy (non-hydrogen) atoms. The number of hydrogen-bond donors (Lipinski definition) is 1. The van der Waals surface area contributed by atoms with E-state index in [-0.39, 0.29) is 47.0 Å². The summed E-state index contributed by atoms with van der Waals surface area (Å²) < 4.78 is 26.3. The van der Waals surface area contributed by atoms with Gasteiger partial charge in [-0.2, -0.15) is 5.26 Å². The molecule has 0 radical (unpaired) electrons. The van der Waals surface area contributed by atoms with Crippen LogP contribution in [0.25, 0.3) is 32.9 Å². The van der Waals surface area contributed by atoms with Crippen LogP contribution in [-0.2, 0) is 16.0 Å². The number of aromatic nitrogens is 2. The van der Waals surface area contributed by atoms with Crippen LogP contribution >= 0.6 is 23.2 Å². The highest BCUT2D eigenvalue weighted by Gasteiger charge is 2.51.